The SMILES string of the molecule is C[C@@H]1C[C@H](C)CN(CCN(C)c2cnc3ccc(C4=C(c5cc(Cl)ccc5F)CC=N4)nc3c2)C1. The van der Waals surface area contributed by atoms with Crippen LogP contribution in [0.4, 0.5) is 10.1 Å². The van der Waals surface area contributed by atoms with E-state index in [1.807, 2.05) is 18.3 Å². The summed E-state index contributed by atoms with van der Waals surface area (Å²) in [6, 6.07) is 10.5. The highest BCUT2D eigenvalue weighted by Gasteiger charge is 2.22. The number of halogens is 2. The van der Waals surface area contributed by atoms with Crippen LogP contribution in [0.5, 0.6) is 0 Å². The molecule has 1 saturated heterocycles. The third-order valence-electron chi connectivity index (χ3n) is 6.96. The zero-order valence-electron chi connectivity index (χ0n) is 20.5. The van der Waals surface area contributed by atoms with Crippen molar-refractivity contribution in [3.63, 3.8) is 0 Å². The number of aromatic nitrogens is 2. The van der Waals surface area contributed by atoms with Crippen LogP contribution in [0.2, 0.25) is 5.02 Å². The molecule has 3 aromatic rings. The van der Waals surface area contributed by atoms with Gasteiger partial charge in [-0.25, -0.2) is 9.37 Å². The number of fused-ring (bicyclic) bond motifs is 1. The maximum Gasteiger partial charge on any atom is 0.130 e. The molecular weight excluding hydrogens is 461 g/mol. The third kappa shape index (κ3) is 5.24. The molecule has 5 nitrogen and oxygen atoms in total. The Bertz CT molecular complexity index is 1290. The van der Waals surface area contributed by atoms with Crippen molar-refractivity contribution < 1.29 is 4.39 Å². The minimum atomic E-state index is -0.309. The molecule has 0 radical (unpaired) electrons. The predicted molar refractivity (Wildman–Crippen MR) is 144 cm³/mol. The van der Waals surface area contributed by atoms with E-state index in [0.717, 1.165) is 47.2 Å². The first-order valence-electron chi connectivity index (χ1n) is 12.3. The van der Waals surface area contributed by atoms with Crippen molar-refractivity contribution >= 4 is 45.8 Å². The molecule has 0 unspecified atom stereocenters. The second-order valence-corrected chi connectivity index (χ2v) is 10.5. The van der Waals surface area contributed by atoms with E-state index in [1.54, 1.807) is 18.3 Å². The van der Waals surface area contributed by atoms with Gasteiger partial charge in [0.2, 0.25) is 0 Å². The standard InChI is InChI=1S/C28H31ClFN5/c1-18-12-19(2)17-35(16-18)11-10-34(3)21-14-27-25(32-15-21)6-7-26(33-27)28-22(8-9-31-28)23-13-20(29)4-5-24(23)30/h4-7,9,13-15,18-19H,8,10-12,16-17H2,1-3H3/t18-,19+. The van der Waals surface area contributed by atoms with Gasteiger partial charge in [0.15, 0.2) is 0 Å². The number of rotatable bonds is 6. The summed E-state index contributed by atoms with van der Waals surface area (Å²) < 4.78 is 14.6. The lowest BCUT2D eigenvalue weighted by Gasteiger charge is -2.36. The number of nitrogens with zero attached hydrogens (tertiary/aromatic N) is 5. The van der Waals surface area contributed by atoms with Crippen molar-refractivity contribution in [2.24, 2.45) is 16.8 Å². The van der Waals surface area contributed by atoms with Gasteiger partial charge in [-0.3, -0.25) is 9.98 Å². The van der Waals surface area contributed by atoms with Crippen molar-refractivity contribution in [3.8, 4) is 0 Å². The van der Waals surface area contributed by atoms with E-state index in [0.29, 0.717) is 28.4 Å². The molecule has 2 aliphatic heterocycles. The molecule has 2 atom stereocenters. The highest BCUT2D eigenvalue weighted by atomic mass is 35.5. The minimum absolute atomic E-state index is 0.309. The fourth-order valence-electron chi connectivity index (χ4n) is 5.32. The zero-order valence-corrected chi connectivity index (χ0v) is 21.3. The highest BCUT2D eigenvalue weighted by molar-refractivity contribution is 6.30. The fourth-order valence-corrected chi connectivity index (χ4v) is 5.49. The van der Waals surface area contributed by atoms with Crippen molar-refractivity contribution in [1.29, 1.82) is 0 Å². The molecule has 2 aliphatic rings. The Morgan fingerprint density at radius 2 is 1.89 bits per heavy atom. The maximum atomic E-state index is 14.6. The Kier molecular flexibility index (Phi) is 6.85. The molecule has 182 valence electrons. The summed E-state index contributed by atoms with van der Waals surface area (Å²) in [4.78, 5) is 18.9. The van der Waals surface area contributed by atoms with Gasteiger partial charge in [-0.2, -0.15) is 0 Å². The van der Waals surface area contributed by atoms with E-state index in [4.69, 9.17) is 16.6 Å². The van der Waals surface area contributed by atoms with Crippen LogP contribution in [0.15, 0.2) is 47.6 Å². The van der Waals surface area contributed by atoms with Gasteiger partial charge in [0.1, 0.15) is 5.82 Å². The molecular formula is C28H31ClFN5. The zero-order chi connectivity index (χ0) is 24.5. The first-order valence-corrected chi connectivity index (χ1v) is 12.7. The lowest BCUT2D eigenvalue weighted by Crippen LogP contribution is -2.42. The summed E-state index contributed by atoms with van der Waals surface area (Å²) in [7, 11) is 2.10. The highest BCUT2D eigenvalue weighted by Crippen LogP contribution is 2.35. The van der Waals surface area contributed by atoms with Crippen molar-refractivity contribution in [1.82, 2.24) is 14.9 Å². The smallest absolute Gasteiger partial charge is 0.130 e. The van der Waals surface area contributed by atoms with E-state index >= 15 is 0 Å². The first kappa shape index (κ1) is 23.9. The minimum Gasteiger partial charge on any atom is -0.372 e. The molecule has 5 rings (SSSR count). The lowest BCUT2D eigenvalue weighted by molar-refractivity contribution is 0.144. The third-order valence-corrected chi connectivity index (χ3v) is 7.19. The number of pyridine rings is 2. The monoisotopic (exact) mass is 491 g/mol. The molecule has 0 N–H and O–H groups in total. The van der Waals surface area contributed by atoms with Crippen LogP contribution in [0, 0.1) is 17.7 Å². The van der Waals surface area contributed by atoms with Crippen molar-refractivity contribution in [2.45, 2.75) is 26.7 Å². The van der Waals surface area contributed by atoms with Gasteiger partial charge in [0, 0.05) is 56.4 Å². The summed E-state index contributed by atoms with van der Waals surface area (Å²) in [5.74, 6) is 1.20. The number of likely N-dealkylation sites (N-methyl/N-ethyl adjacent to an activating group) is 1. The Morgan fingerprint density at radius 3 is 2.69 bits per heavy atom. The first-order chi connectivity index (χ1) is 16.9. The molecule has 7 heteroatoms. The number of aliphatic imine (C=N–C) groups is 1. The molecule has 0 bridgehead atoms. The quantitative estimate of drug-likeness (QED) is 0.413. The number of piperidine rings is 1. The van der Waals surface area contributed by atoms with Crippen LogP contribution < -0.4 is 4.90 Å². The van der Waals surface area contributed by atoms with Gasteiger partial charge in [0.25, 0.3) is 0 Å². The number of benzene rings is 1. The normalized spacial score (nSPS) is 20.7. The van der Waals surface area contributed by atoms with E-state index in [2.05, 4.69) is 46.7 Å². The molecule has 1 fully saturated rings. The van der Waals surface area contributed by atoms with E-state index in [1.165, 1.54) is 25.6 Å². The van der Waals surface area contributed by atoms with E-state index < -0.39 is 0 Å². The Hall–Kier alpha value is -2.83. The molecule has 0 aliphatic carbocycles. The molecule has 35 heavy (non-hydrogen) atoms. The Balaban J connectivity index is 1.39. The van der Waals surface area contributed by atoms with Gasteiger partial charge < -0.3 is 9.80 Å². The summed E-state index contributed by atoms with van der Waals surface area (Å²) in [5, 5.41) is 0.497. The fraction of sp³-hybridized carbons (Fsp3) is 0.393. The summed E-state index contributed by atoms with van der Waals surface area (Å²) in [6.45, 7) is 9.00. The van der Waals surface area contributed by atoms with E-state index in [9.17, 15) is 4.39 Å². The van der Waals surface area contributed by atoms with Gasteiger partial charge in [-0.15, -0.1) is 0 Å². The largest absolute Gasteiger partial charge is 0.372 e. The predicted octanol–water partition coefficient (Wildman–Crippen LogP) is 6.18. The van der Waals surface area contributed by atoms with Crippen LogP contribution in [-0.4, -0.2) is 54.3 Å². The van der Waals surface area contributed by atoms with Crippen LogP contribution in [0.1, 0.15) is 37.9 Å². The second-order valence-electron chi connectivity index (χ2n) is 10.0. The Morgan fingerprint density at radius 1 is 1.09 bits per heavy atom. The topological polar surface area (TPSA) is 44.6 Å². The van der Waals surface area contributed by atoms with Gasteiger partial charge >= 0.3 is 0 Å². The number of hydrogen-bond donors (Lipinski definition) is 0. The lowest BCUT2D eigenvalue weighted by atomic mass is 9.92. The van der Waals surface area contributed by atoms with Crippen molar-refractivity contribution in [2.75, 3.05) is 38.1 Å². The van der Waals surface area contributed by atoms with Gasteiger partial charge in [-0.05, 0) is 60.2 Å². The average molecular weight is 492 g/mol. The molecule has 1 aromatic carbocycles. The summed E-state index contributed by atoms with van der Waals surface area (Å²) >= 11 is 6.14. The number of hydrogen-bond acceptors (Lipinski definition) is 5. The van der Waals surface area contributed by atoms with E-state index in [-0.39, 0.29) is 5.82 Å². The second kappa shape index (κ2) is 10.0. The number of allylic oxidation sites excluding steroid dienone is 1. The molecule has 4 heterocycles. The Labute approximate surface area is 211 Å². The van der Waals surface area contributed by atoms with Crippen LogP contribution >= 0.6 is 11.6 Å². The summed E-state index contributed by atoms with van der Waals surface area (Å²) in [6.07, 6.45) is 5.56. The van der Waals surface area contributed by atoms with Crippen LogP contribution in [0.25, 0.3) is 22.3 Å². The molecule has 0 amide bonds. The number of likely N-dealkylation sites (tertiary alicyclic amines) is 1. The van der Waals surface area contributed by atoms with Gasteiger partial charge in [-0.1, -0.05) is 25.4 Å². The average Bonchev–Trinajstić information content (AvgIpc) is 3.32. The van der Waals surface area contributed by atoms with Crippen LogP contribution in [-0.2, 0) is 0 Å². The van der Waals surface area contributed by atoms with Crippen LogP contribution in [0.3, 0.4) is 0 Å². The number of anilines is 1. The molecule has 0 spiro atoms. The maximum absolute atomic E-state index is 14.6. The van der Waals surface area contributed by atoms with Crippen molar-refractivity contribution in [3.05, 3.63) is 64.7 Å². The molecule has 2 aromatic heterocycles. The molecule has 0 saturated carbocycles. The van der Waals surface area contributed by atoms with Gasteiger partial charge in [0.05, 0.1) is 34.3 Å². The summed E-state index contributed by atoms with van der Waals surface area (Å²) in [5.41, 5.74) is 5.31.